The van der Waals surface area contributed by atoms with Gasteiger partial charge in [-0.1, -0.05) is 0 Å². The molecule has 0 bridgehead atoms. The first-order valence-corrected chi connectivity index (χ1v) is 7.93. The molecule has 1 amide bonds. The van der Waals surface area contributed by atoms with Crippen LogP contribution in [-0.4, -0.2) is 48.6 Å². The minimum atomic E-state index is -4.71. The molecule has 0 aromatic heterocycles. The lowest BCUT2D eigenvalue weighted by Crippen LogP contribution is -2.37. The number of amides is 1. The summed E-state index contributed by atoms with van der Waals surface area (Å²) in [5.41, 5.74) is 0.0568. The fraction of sp³-hybridized carbons (Fsp3) is 0.385. The number of aliphatic carboxylic acids is 1. The maximum atomic E-state index is 12.4. The SMILES string of the molecule is O=C(O)CN(C(=O)c1ccc(S(=O)(=O)C(F)F)cc1)C1CC1. The molecule has 1 aromatic rings. The molecule has 120 valence electrons. The Morgan fingerprint density at radius 1 is 1.23 bits per heavy atom. The molecule has 0 heterocycles. The van der Waals surface area contributed by atoms with E-state index in [4.69, 9.17) is 5.11 Å². The van der Waals surface area contributed by atoms with Crippen LogP contribution in [0.3, 0.4) is 0 Å². The van der Waals surface area contributed by atoms with Crippen molar-refractivity contribution in [2.75, 3.05) is 6.54 Å². The molecule has 9 heteroatoms. The third-order valence-corrected chi connectivity index (χ3v) is 4.62. The number of hydrogen-bond acceptors (Lipinski definition) is 4. The molecule has 0 aliphatic heterocycles. The van der Waals surface area contributed by atoms with E-state index in [0.717, 1.165) is 24.3 Å². The van der Waals surface area contributed by atoms with E-state index in [1.807, 2.05) is 0 Å². The van der Waals surface area contributed by atoms with Crippen LogP contribution >= 0.6 is 0 Å². The molecule has 0 spiro atoms. The van der Waals surface area contributed by atoms with Gasteiger partial charge in [0, 0.05) is 11.6 Å². The summed E-state index contributed by atoms with van der Waals surface area (Å²) >= 11 is 0. The lowest BCUT2D eigenvalue weighted by Gasteiger charge is -2.20. The van der Waals surface area contributed by atoms with Crippen molar-refractivity contribution in [1.82, 2.24) is 4.90 Å². The zero-order valence-electron chi connectivity index (χ0n) is 11.3. The Hall–Kier alpha value is -2.03. The first-order valence-electron chi connectivity index (χ1n) is 6.38. The van der Waals surface area contributed by atoms with Crippen LogP contribution in [-0.2, 0) is 14.6 Å². The number of carboxylic acids is 1. The van der Waals surface area contributed by atoms with Gasteiger partial charge in [-0.2, -0.15) is 8.78 Å². The Kier molecular flexibility index (Phi) is 4.45. The lowest BCUT2D eigenvalue weighted by molar-refractivity contribution is -0.137. The molecule has 0 radical (unpaired) electrons. The average Bonchev–Trinajstić information content (AvgIpc) is 3.28. The number of sulfone groups is 1. The predicted molar refractivity (Wildman–Crippen MR) is 71.3 cm³/mol. The third kappa shape index (κ3) is 3.41. The molecule has 1 aliphatic rings. The number of carbonyl (C=O) groups is 2. The van der Waals surface area contributed by atoms with E-state index in [1.165, 1.54) is 4.90 Å². The quantitative estimate of drug-likeness (QED) is 0.849. The first-order chi connectivity index (χ1) is 10.2. The molecular formula is C13H13F2NO5S. The maximum Gasteiger partial charge on any atom is 0.341 e. The smallest absolute Gasteiger partial charge is 0.341 e. The monoisotopic (exact) mass is 333 g/mol. The van der Waals surface area contributed by atoms with E-state index in [2.05, 4.69) is 0 Å². The van der Waals surface area contributed by atoms with E-state index >= 15 is 0 Å². The van der Waals surface area contributed by atoms with E-state index < -0.39 is 38.9 Å². The predicted octanol–water partition coefficient (Wildman–Crippen LogP) is 1.37. The fourth-order valence-electron chi connectivity index (χ4n) is 1.95. The summed E-state index contributed by atoms with van der Waals surface area (Å²) in [5, 5.41) is 8.81. The minimum Gasteiger partial charge on any atom is -0.480 e. The normalized spacial score (nSPS) is 14.9. The minimum absolute atomic E-state index is 0.0568. The van der Waals surface area contributed by atoms with Crippen molar-refractivity contribution < 1.29 is 31.9 Å². The van der Waals surface area contributed by atoms with Crippen LogP contribution in [0.5, 0.6) is 0 Å². The zero-order chi connectivity index (χ0) is 16.5. The van der Waals surface area contributed by atoms with Gasteiger partial charge >= 0.3 is 11.7 Å². The molecule has 1 fully saturated rings. The van der Waals surface area contributed by atoms with E-state index in [9.17, 15) is 26.8 Å². The summed E-state index contributed by atoms with van der Waals surface area (Å²) in [6, 6.07) is 3.90. The Labute approximate surface area is 125 Å². The molecule has 0 unspecified atom stereocenters. The van der Waals surface area contributed by atoms with Crippen LogP contribution in [0.4, 0.5) is 8.78 Å². The number of alkyl halides is 2. The molecule has 22 heavy (non-hydrogen) atoms. The lowest BCUT2D eigenvalue weighted by atomic mass is 10.2. The van der Waals surface area contributed by atoms with Gasteiger partial charge in [-0.05, 0) is 37.1 Å². The van der Waals surface area contributed by atoms with Crippen molar-refractivity contribution in [2.45, 2.75) is 29.5 Å². The van der Waals surface area contributed by atoms with Gasteiger partial charge < -0.3 is 10.0 Å². The summed E-state index contributed by atoms with van der Waals surface area (Å²) in [6.45, 7) is -0.458. The van der Waals surface area contributed by atoms with Gasteiger partial charge in [0.2, 0.25) is 9.84 Å². The summed E-state index contributed by atoms with van der Waals surface area (Å²) in [4.78, 5) is 23.6. The van der Waals surface area contributed by atoms with Crippen molar-refractivity contribution in [3.8, 4) is 0 Å². The number of carboxylic acid groups (broad SMARTS) is 1. The Morgan fingerprint density at radius 2 is 1.77 bits per heavy atom. The van der Waals surface area contributed by atoms with Gasteiger partial charge in [0.05, 0.1) is 4.90 Å². The summed E-state index contributed by atoms with van der Waals surface area (Å²) < 4.78 is 47.4. The highest BCUT2D eigenvalue weighted by atomic mass is 32.2. The van der Waals surface area contributed by atoms with Crippen LogP contribution in [0.2, 0.25) is 0 Å². The van der Waals surface area contributed by atoms with Gasteiger partial charge in [0.25, 0.3) is 5.91 Å². The molecule has 1 saturated carbocycles. The summed E-state index contributed by atoms with van der Waals surface area (Å²) in [7, 11) is -4.71. The standard InChI is InChI=1S/C13H13F2NO5S/c14-13(15)22(20,21)10-5-1-8(2-6-10)12(19)16(7-11(17)18)9-3-4-9/h1-2,5-6,9,13H,3-4,7H2,(H,17,18). The summed E-state index contributed by atoms with van der Waals surface area (Å²) in [5.74, 6) is -5.26. The molecule has 6 nitrogen and oxygen atoms in total. The average molecular weight is 333 g/mol. The zero-order valence-corrected chi connectivity index (χ0v) is 12.1. The van der Waals surface area contributed by atoms with Gasteiger partial charge in [-0.15, -0.1) is 0 Å². The topological polar surface area (TPSA) is 91.8 Å². The van der Waals surface area contributed by atoms with Gasteiger partial charge in [-0.25, -0.2) is 8.42 Å². The fourth-order valence-corrected chi connectivity index (χ4v) is 2.68. The van der Waals surface area contributed by atoms with Gasteiger partial charge in [-0.3, -0.25) is 9.59 Å². The number of hydrogen-bond donors (Lipinski definition) is 1. The molecule has 1 aliphatic carbocycles. The van der Waals surface area contributed by atoms with Crippen molar-refractivity contribution in [2.24, 2.45) is 0 Å². The molecule has 1 aromatic carbocycles. The second kappa shape index (κ2) is 5.99. The second-order valence-electron chi connectivity index (χ2n) is 4.89. The number of rotatable bonds is 6. The van der Waals surface area contributed by atoms with Crippen LogP contribution < -0.4 is 0 Å². The highest BCUT2D eigenvalue weighted by Gasteiger charge is 2.34. The number of benzene rings is 1. The number of nitrogens with zero attached hydrogens (tertiary/aromatic N) is 1. The highest BCUT2D eigenvalue weighted by Crippen LogP contribution is 2.28. The molecular weight excluding hydrogens is 320 g/mol. The second-order valence-corrected chi connectivity index (χ2v) is 6.81. The molecule has 0 saturated heterocycles. The maximum absolute atomic E-state index is 12.4. The van der Waals surface area contributed by atoms with Crippen molar-refractivity contribution in [1.29, 1.82) is 0 Å². The van der Waals surface area contributed by atoms with Crippen LogP contribution in [0.25, 0.3) is 0 Å². The highest BCUT2D eigenvalue weighted by molar-refractivity contribution is 7.91. The number of carbonyl (C=O) groups excluding carboxylic acids is 1. The number of halogens is 2. The van der Waals surface area contributed by atoms with Crippen LogP contribution in [0.15, 0.2) is 29.2 Å². The van der Waals surface area contributed by atoms with E-state index in [0.29, 0.717) is 12.8 Å². The van der Waals surface area contributed by atoms with Crippen LogP contribution in [0, 0.1) is 0 Å². The van der Waals surface area contributed by atoms with E-state index in [1.54, 1.807) is 0 Å². The molecule has 1 N–H and O–H groups in total. The first kappa shape index (κ1) is 16.3. The van der Waals surface area contributed by atoms with Crippen molar-refractivity contribution >= 4 is 21.7 Å². The largest absolute Gasteiger partial charge is 0.480 e. The molecule has 2 rings (SSSR count). The Balaban J connectivity index is 2.22. The summed E-state index contributed by atoms with van der Waals surface area (Å²) in [6.07, 6.45) is 1.41. The Morgan fingerprint density at radius 3 is 2.18 bits per heavy atom. The van der Waals surface area contributed by atoms with Gasteiger partial charge in [0.1, 0.15) is 6.54 Å². The van der Waals surface area contributed by atoms with Crippen molar-refractivity contribution in [3.05, 3.63) is 29.8 Å². The Bertz CT molecular complexity index is 683. The van der Waals surface area contributed by atoms with Gasteiger partial charge in [0.15, 0.2) is 0 Å². The van der Waals surface area contributed by atoms with E-state index in [-0.39, 0.29) is 11.6 Å². The molecule has 0 atom stereocenters. The van der Waals surface area contributed by atoms with Crippen molar-refractivity contribution in [3.63, 3.8) is 0 Å². The van der Waals surface area contributed by atoms with Crippen LogP contribution in [0.1, 0.15) is 23.2 Å². The third-order valence-electron chi connectivity index (χ3n) is 3.22.